The molecule has 0 aromatic carbocycles. The fourth-order valence-corrected chi connectivity index (χ4v) is 5.18. The van der Waals surface area contributed by atoms with Gasteiger partial charge >= 0.3 is 0 Å². The molecule has 140 valence electrons. The summed E-state index contributed by atoms with van der Waals surface area (Å²) in [5, 5.41) is 0.181. The molecule has 0 bridgehead atoms. The molecule has 1 aromatic rings. The minimum atomic E-state index is -3.34. The van der Waals surface area contributed by atoms with Crippen molar-refractivity contribution in [3.63, 3.8) is 0 Å². The molecule has 1 unspecified atom stereocenters. The zero-order chi connectivity index (χ0) is 17.6. The Hall–Kier alpha value is -0.920. The highest BCUT2D eigenvalue weighted by Gasteiger charge is 2.43. The van der Waals surface area contributed by atoms with Gasteiger partial charge in [-0.25, -0.2) is 13.4 Å². The lowest BCUT2D eigenvalue weighted by atomic mass is 10.1. The first-order chi connectivity index (χ1) is 11.9. The maximum absolute atomic E-state index is 12.2. The Kier molecular flexibility index (Phi) is 4.67. The molecule has 6 nitrogen and oxygen atoms in total. The number of hydrogen-bond acceptors (Lipinski definition) is 5. The minimum absolute atomic E-state index is 0.0985. The van der Waals surface area contributed by atoms with Crippen molar-refractivity contribution >= 4 is 9.84 Å². The monoisotopic (exact) mass is 367 g/mol. The van der Waals surface area contributed by atoms with Crippen LogP contribution in [0, 0.1) is 11.8 Å². The fraction of sp³-hybridized carbons (Fsp3) is 0.833. The Balaban J connectivity index is 1.56. The molecule has 2 saturated carbocycles. The summed E-state index contributed by atoms with van der Waals surface area (Å²) in [5.41, 5.74) is 0.990. The van der Waals surface area contributed by atoms with E-state index in [0.717, 1.165) is 43.5 Å². The van der Waals surface area contributed by atoms with Crippen molar-refractivity contribution in [2.75, 3.05) is 19.9 Å². The molecule has 0 amide bonds. The van der Waals surface area contributed by atoms with Gasteiger partial charge in [-0.1, -0.05) is 0 Å². The Bertz CT molecular complexity index is 704. The summed E-state index contributed by atoms with van der Waals surface area (Å²) in [4.78, 5) is 6.69. The van der Waals surface area contributed by atoms with Crippen LogP contribution in [0.5, 0.6) is 0 Å². The van der Waals surface area contributed by atoms with Crippen LogP contribution < -0.4 is 0 Å². The Morgan fingerprint density at radius 2 is 1.96 bits per heavy atom. The van der Waals surface area contributed by atoms with Gasteiger partial charge in [0.25, 0.3) is 0 Å². The third kappa shape index (κ3) is 3.93. The van der Waals surface area contributed by atoms with E-state index in [9.17, 15) is 8.42 Å². The minimum Gasteiger partial charge on any atom is -0.376 e. The second kappa shape index (κ2) is 6.67. The van der Waals surface area contributed by atoms with Gasteiger partial charge in [-0.2, -0.15) is 0 Å². The van der Waals surface area contributed by atoms with Crippen molar-refractivity contribution in [1.29, 1.82) is 0 Å². The molecule has 7 heteroatoms. The van der Waals surface area contributed by atoms with Gasteiger partial charge in [-0.05, 0) is 57.4 Å². The zero-order valence-electron chi connectivity index (χ0n) is 15.2. The van der Waals surface area contributed by atoms with Crippen molar-refractivity contribution in [2.24, 2.45) is 11.8 Å². The van der Waals surface area contributed by atoms with Gasteiger partial charge in [0, 0.05) is 25.4 Å². The van der Waals surface area contributed by atoms with Crippen molar-refractivity contribution < 1.29 is 13.2 Å². The molecule has 0 radical (unpaired) electrons. The van der Waals surface area contributed by atoms with Crippen LogP contribution in [0.4, 0.5) is 0 Å². The van der Waals surface area contributed by atoms with E-state index in [4.69, 9.17) is 4.74 Å². The summed E-state index contributed by atoms with van der Waals surface area (Å²) in [6, 6.07) is 0.646. The lowest BCUT2D eigenvalue weighted by Gasteiger charge is -2.29. The van der Waals surface area contributed by atoms with Crippen molar-refractivity contribution in [1.82, 2.24) is 14.5 Å². The van der Waals surface area contributed by atoms with Crippen LogP contribution in [0.2, 0.25) is 0 Å². The summed E-state index contributed by atoms with van der Waals surface area (Å²) < 4.78 is 31.9. The van der Waals surface area contributed by atoms with Crippen LogP contribution in [0.25, 0.3) is 0 Å². The average molecular weight is 368 g/mol. The molecule has 2 aliphatic carbocycles. The van der Waals surface area contributed by atoms with Crippen molar-refractivity contribution in [3.05, 3.63) is 11.9 Å². The molecular weight excluding hydrogens is 338 g/mol. The van der Waals surface area contributed by atoms with E-state index in [-0.39, 0.29) is 11.3 Å². The number of aromatic nitrogens is 2. The first-order valence-corrected chi connectivity index (χ1v) is 11.4. The maximum Gasteiger partial charge on any atom is 0.227 e. The normalized spacial score (nSPS) is 24.6. The predicted octanol–water partition coefficient (Wildman–Crippen LogP) is 2.09. The number of ether oxygens (including phenoxy) is 1. The highest BCUT2D eigenvalue weighted by Crippen LogP contribution is 2.47. The largest absolute Gasteiger partial charge is 0.376 e. The summed E-state index contributed by atoms with van der Waals surface area (Å²) in [6.45, 7) is 2.12. The maximum atomic E-state index is 12.2. The quantitative estimate of drug-likeness (QED) is 0.704. The SMILES string of the molecule is CN(Cc1cnc(S(C)(=O)=O)n1CC1CCCO1)C(C1CC1)C1CC1. The highest BCUT2D eigenvalue weighted by molar-refractivity contribution is 7.90. The van der Waals surface area contributed by atoms with Crippen LogP contribution in [0.3, 0.4) is 0 Å². The van der Waals surface area contributed by atoms with Gasteiger partial charge in [-0.15, -0.1) is 0 Å². The molecule has 1 atom stereocenters. The van der Waals surface area contributed by atoms with E-state index >= 15 is 0 Å². The van der Waals surface area contributed by atoms with E-state index in [0.29, 0.717) is 12.6 Å². The lowest BCUT2D eigenvalue weighted by Crippen LogP contribution is -2.36. The van der Waals surface area contributed by atoms with Gasteiger partial charge in [0.15, 0.2) is 0 Å². The van der Waals surface area contributed by atoms with Gasteiger partial charge in [0.1, 0.15) is 0 Å². The predicted molar refractivity (Wildman–Crippen MR) is 95.0 cm³/mol. The smallest absolute Gasteiger partial charge is 0.227 e. The van der Waals surface area contributed by atoms with E-state index < -0.39 is 9.84 Å². The number of imidazole rings is 1. The standard InChI is InChI=1S/C18H29N3O3S/c1-20(17(13-5-6-13)14-7-8-14)11-15-10-19-18(25(2,22)23)21(15)12-16-4-3-9-24-16/h10,13-14,16-17H,3-9,11-12H2,1-2H3. The van der Waals surface area contributed by atoms with Gasteiger partial charge in [0.05, 0.1) is 24.5 Å². The Labute approximate surface area is 150 Å². The summed E-state index contributed by atoms with van der Waals surface area (Å²) >= 11 is 0. The number of hydrogen-bond donors (Lipinski definition) is 0. The zero-order valence-corrected chi connectivity index (χ0v) is 16.0. The molecule has 4 rings (SSSR count). The Morgan fingerprint density at radius 3 is 2.48 bits per heavy atom. The summed E-state index contributed by atoms with van der Waals surface area (Å²) in [7, 11) is -1.16. The third-order valence-electron chi connectivity index (χ3n) is 5.77. The van der Waals surface area contributed by atoms with E-state index in [2.05, 4.69) is 16.9 Å². The molecule has 3 fully saturated rings. The molecule has 0 spiro atoms. The lowest BCUT2D eigenvalue weighted by molar-refractivity contribution is 0.0926. The highest BCUT2D eigenvalue weighted by atomic mass is 32.2. The topological polar surface area (TPSA) is 64.4 Å². The number of sulfone groups is 1. The first-order valence-electron chi connectivity index (χ1n) is 9.50. The van der Waals surface area contributed by atoms with Crippen LogP contribution in [-0.4, -0.2) is 54.9 Å². The molecule has 3 aliphatic rings. The summed E-state index contributed by atoms with van der Waals surface area (Å²) in [5.74, 6) is 1.67. The van der Waals surface area contributed by atoms with Crippen LogP contribution in [-0.2, 0) is 27.7 Å². The first kappa shape index (κ1) is 17.5. The summed E-state index contributed by atoms with van der Waals surface area (Å²) in [6.07, 6.45) is 10.5. The number of rotatable bonds is 8. The second-order valence-electron chi connectivity index (χ2n) is 8.13. The van der Waals surface area contributed by atoms with Crippen molar-refractivity contribution in [3.8, 4) is 0 Å². The Morgan fingerprint density at radius 1 is 1.28 bits per heavy atom. The van der Waals surface area contributed by atoms with Crippen LogP contribution in [0.1, 0.15) is 44.2 Å². The van der Waals surface area contributed by atoms with Gasteiger partial charge in [-0.3, -0.25) is 4.90 Å². The molecule has 1 aromatic heterocycles. The number of nitrogens with zero attached hydrogens (tertiary/aromatic N) is 3. The van der Waals surface area contributed by atoms with E-state index in [1.54, 1.807) is 6.20 Å². The van der Waals surface area contributed by atoms with Gasteiger partial charge in [0.2, 0.25) is 15.0 Å². The van der Waals surface area contributed by atoms with Gasteiger partial charge < -0.3 is 9.30 Å². The molecule has 0 N–H and O–H groups in total. The van der Waals surface area contributed by atoms with Crippen molar-refractivity contribution in [2.45, 2.75) is 68.9 Å². The fourth-order valence-electron chi connectivity index (χ4n) is 4.34. The molecule has 1 aliphatic heterocycles. The second-order valence-corrected chi connectivity index (χ2v) is 10.0. The molecule has 1 saturated heterocycles. The molecule has 25 heavy (non-hydrogen) atoms. The van der Waals surface area contributed by atoms with E-state index in [1.165, 1.54) is 31.9 Å². The van der Waals surface area contributed by atoms with E-state index in [1.807, 2.05) is 4.57 Å². The average Bonchev–Trinajstić information content (AvgIpc) is 3.46. The molecule has 2 heterocycles. The van der Waals surface area contributed by atoms with Crippen LogP contribution >= 0.6 is 0 Å². The molecular formula is C18H29N3O3S. The third-order valence-corrected chi connectivity index (χ3v) is 6.76. The van der Waals surface area contributed by atoms with Crippen LogP contribution in [0.15, 0.2) is 11.4 Å².